The maximum Gasteiger partial charge on any atom is 0.263 e. The first-order valence-corrected chi connectivity index (χ1v) is 9.55. The van der Waals surface area contributed by atoms with E-state index < -0.39 is 10.0 Å². The van der Waals surface area contributed by atoms with Gasteiger partial charge in [0.25, 0.3) is 10.0 Å². The van der Waals surface area contributed by atoms with Crippen molar-refractivity contribution in [1.29, 1.82) is 0 Å². The Labute approximate surface area is 141 Å². The van der Waals surface area contributed by atoms with Crippen LogP contribution in [0.5, 0.6) is 0 Å². The Morgan fingerprint density at radius 3 is 3.00 bits per heavy atom. The zero-order chi connectivity index (χ0) is 17.2. The number of morpholine rings is 1. The smallest absolute Gasteiger partial charge is 0.263 e. The van der Waals surface area contributed by atoms with Crippen molar-refractivity contribution >= 4 is 21.8 Å². The Morgan fingerprint density at radius 1 is 1.42 bits per heavy atom. The second-order valence-electron chi connectivity index (χ2n) is 5.82. The topological polar surface area (TPSA) is 88.1 Å². The minimum absolute atomic E-state index is 0.0234. The summed E-state index contributed by atoms with van der Waals surface area (Å²) in [5, 5.41) is 0. The van der Waals surface area contributed by atoms with E-state index in [9.17, 15) is 13.2 Å². The van der Waals surface area contributed by atoms with Crippen LogP contribution in [-0.4, -0.2) is 57.4 Å². The highest BCUT2D eigenvalue weighted by molar-refractivity contribution is 7.90. The molecule has 0 bridgehead atoms. The molecular formula is C16H21N3O4S. The number of amides is 1. The second kappa shape index (κ2) is 6.90. The zero-order valence-corrected chi connectivity index (χ0v) is 14.4. The Balaban J connectivity index is 1.62. The van der Waals surface area contributed by atoms with Crippen LogP contribution in [0.3, 0.4) is 0 Å². The van der Waals surface area contributed by atoms with Gasteiger partial charge >= 0.3 is 0 Å². The molecule has 1 atom stereocenters. The molecular weight excluding hydrogens is 330 g/mol. The van der Waals surface area contributed by atoms with Gasteiger partial charge in [-0.3, -0.25) is 14.5 Å². The lowest BCUT2D eigenvalue weighted by Gasteiger charge is -2.32. The fourth-order valence-corrected chi connectivity index (χ4v) is 4.12. The maximum atomic E-state index is 12.3. The molecule has 2 aliphatic heterocycles. The third kappa shape index (κ3) is 3.44. The van der Waals surface area contributed by atoms with Gasteiger partial charge in [0.2, 0.25) is 5.91 Å². The molecule has 1 amide bonds. The van der Waals surface area contributed by atoms with E-state index in [0.29, 0.717) is 31.1 Å². The van der Waals surface area contributed by atoms with Crippen LogP contribution in [0.25, 0.3) is 0 Å². The number of rotatable bonds is 4. The molecule has 24 heavy (non-hydrogen) atoms. The van der Waals surface area contributed by atoms with Gasteiger partial charge in [0, 0.05) is 25.1 Å². The van der Waals surface area contributed by atoms with Gasteiger partial charge in [0.05, 0.1) is 24.2 Å². The zero-order valence-electron chi connectivity index (χ0n) is 13.6. The molecule has 0 radical (unpaired) electrons. The minimum atomic E-state index is -3.53. The van der Waals surface area contributed by atoms with Gasteiger partial charge < -0.3 is 9.64 Å². The molecule has 7 nitrogen and oxygen atoms in total. The van der Waals surface area contributed by atoms with E-state index >= 15 is 0 Å². The SMILES string of the molecule is CCC1CN(C(=O)CCN=C2NS(=O)(=O)c3ccccc32)CCO1. The van der Waals surface area contributed by atoms with Crippen molar-refractivity contribution in [2.45, 2.75) is 30.8 Å². The number of sulfonamides is 1. The quantitative estimate of drug-likeness (QED) is 0.867. The number of benzene rings is 1. The summed E-state index contributed by atoms with van der Waals surface area (Å²) in [7, 11) is -3.53. The molecule has 2 aliphatic rings. The molecule has 0 spiro atoms. The number of ether oxygens (including phenoxy) is 1. The van der Waals surface area contributed by atoms with Crippen molar-refractivity contribution in [3.05, 3.63) is 29.8 Å². The van der Waals surface area contributed by atoms with Crippen LogP contribution in [0.2, 0.25) is 0 Å². The third-order valence-corrected chi connectivity index (χ3v) is 5.60. The van der Waals surface area contributed by atoms with E-state index in [1.54, 1.807) is 29.2 Å². The van der Waals surface area contributed by atoms with Crippen LogP contribution in [0.4, 0.5) is 0 Å². The van der Waals surface area contributed by atoms with Crippen LogP contribution in [0.1, 0.15) is 25.3 Å². The molecule has 1 aromatic carbocycles. The number of carbonyl (C=O) groups excluding carboxylic acids is 1. The largest absolute Gasteiger partial charge is 0.375 e. The number of fused-ring (bicyclic) bond motifs is 1. The Morgan fingerprint density at radius 2 is 2.21 bits per heavy atom. The number of nitrogens with one attached hydrogen (secondary N) is 1. The lowest BCUT2D eigenvalue weighted by atomic mass is 10.2. The highest BCUT2D eigenvalue weighted by Gasteiger charge is 2.30. The maximum absolute atomic E-state index is 12.3. The van der Waals surface area contributed by atoms with Crippen LogP contribution >= 0.6 is 0 Å². The predicted molar refractivity (Wildman–Crippen MR) is 89.4 cm³/mol. The molecule has 8 heteroatoms. The Hall–Kier alpha value is -1.93. The van der Waals surface area contributed by atoms with Gasteiger partial charge in [-0.15, -0.1) is 0 Å². The molecule has 1 aromatic rings. The summed E-state index contributed by atoms with van der Waals surface area (Å²) in [6, 6.07) is 6.69. The first-order chi connectivity index (χ1) is 11.5. The van der Waals surface area contributed by atoms with Gasteiger partial charge in [-0.2, -0.15) is 0 Å². The van der Waals surface area contributed by atoms with E-state index in [1.165, 1.54) is 0 Å². The highest BCUT2D eigenvalue weighted by atomic mass is 32.2. The second-order valence-corrected chi connectivity index (χ2v) is 7.47. The molecule has 1 N–H and O–H groups in total. The first kappa shape index (κ1) is 16.9. The summed E-state index contributed by atoms with van der Waals surface area (Å²) in [5.74, 6) is 0.335. The van der Waals surface area contributed by atoms with Gasteiger partial charge in [0.1, 0.15) is 5.84 Å². The van der Waals surface area contributed by atoms with E-state index in [1.807, 2.05) is 6.92 Å². The number of hydrogen-bond donors (Lipinski definition) is 1. The summed E-state index contributed by atoms with van der Waals surface area (Å²) in [6.45, 7) is 4.06. The number of nitrogens with zero attached hydrogens (tertiary/aromatic N) is 2. The number of amidine groups is 1. The van der Waals surface area contributed by atoms with Gasteiger partial charge in [-0.05, 0) is 18.6 Å². The monoisotopic (exact) mass is 351 g/mol. The highest BCUT2D eigenvalue weighted by Crippen LogP contribution is 2.22. The molecule has 1 saturated heterocycles. The summed E-state index contributed by atoms with van der Waals surface area (Å²) < 4.78 is 32.0. The summed E-state index contributed by atoms with van der Waals surface area (Å²) in [6.07, 6.45) is 1.23. The molecule has 2 heterocycles. The predicted octanol–water partition coefficient (Wildman–Crippen LogP) is 0.753. The minimum Gasteiger partial charge on any atom is -0.375 e. The lowest BCUT2D eigenvalue weighted by molar-refractivity contribution is -0.138. The van der Waals surface area contributed by atoms with Crippen molar-refractivity contribution in [3.63, 3.8) is 0 Å². The third-order valence-electron chi connectivity index (χ3n) is 4.21. The normalized spacial score (nSPS) is 23.8. The van der Waals surface area contributed by atoms with E-state index in [2.05, 4.69) is 9.71 Å². The number of aliphatic imine (C=N–C) groups is 1. The molecule has 0 aromatic heterocycles. The average molecular weight is 351 g/mol. The standard InChI is InChI=1S/C16H21N3O4S/c1-2-12-11-19(9-10-23-12)15(20)7-8-17-16-13-5-3-4-6-14(13)24(21,22)18-16/h3-6,12H,2,7-11H2,1H3,(H,17,18). The van der Waals surface area contributed by atoms with Crippen LogP contribution in [0, 0.1) is 0 Å². The summed E-state index contributed by atoms with van der Waals surface area (Å²) in [5.41, 5.74) is 0.558. The van der Waals surface area contributed by atoms with Crippen LogP contribution in [-0.2, 0) is 19.6 Å². The Bertz CT molecular complexity index is 760. The molecule has 3 rings (SSSR count). The lowest BCUT2D eigenvalue weighted by Crippen LogP contribution is -2.45. The molecule has 0 aliphatic carbocycles. The van der Waals surface area contributed by atoms with Crippen molar-refractivity contribution in [3.8, 4) is 0 Å². The Kier molecular flexibility index (Phi) is 4.86. The van der Waals surface area contributed by atoms with E-state index in [4.69, 9.17) is 4.74 Å². The summed E-state index contributed by atoms with van der Waals surface area (Å²) in [4.78, 5) is 18.6. The summed E-state index contributed by atoms with van der Waals surface area (Å²) >= 11 is 0. The van der Waals surface area contributed by atoms with Crippen LogP contribution < -0.4 is 4.72 Å². The van der Waals surface area contributed by atoms with Crippen molar-refractivity contribution in [2.24, 2.45) is 4.99 Å². The van der Waals surface area contributed by atoms with Gasteiger partial charge in [-0.1, -0.05) is 19.1 Å². The van der Waals surface area contributed by atoms with Crippen molar-refractivity contribution < 1.29 is 17.9 Å². The molecule has 1 fully saturated rings. The fourth-order valence-electron chi connectivity index (χ4n) is 2.87. The molecule has 1 unspecified atom stereocenters. The first-order valence-electron chi connectivity index (χ1n) is 8.07. The van der Waals surface area contributed by atoms with E-state index in [0.717, 1.165) is 6.42 Å². The van der Waals surface area contributed by atoms with Gasteiger partial charge in [-0.25, -0.2) is 8.42 Å². The van der Waals surface area contributed by atoms with Crippen LogP contribution in [0.15, 0.2) is 34.2 Å². The van der Waals surface area contributed by atoms with E-state index in [-0.39, 0.29) is 29.9 Å². The van der Waals surface area contributed by atoms with Crippen molar-refractivity contribution in [2.75, 3.05) is 26.2 Å². The molecule has 0 saturated carbocycles. The average Bonchev–Trinajstić information content (AvgIpc) is 2.86. The number of hydrogen-bond acceptors (Lipinski definition) is 5. The number of carbonyl (C=O) groups is 1. The van der Waals surface area contributed by atoms with Gasteiger partial charge in [0.15, 0.2) is 0 Å². The molecule has 130 valence electrons. The fraction of sp³-hybridized carbons (Fsp3) is 0.500. The van der Waals surface area contributed by atoms with Crippen molar-refractivity contribution in [1.82, 2.24) is 9.62 Å².